The molecule has 1 aromatic rings. The zero-order valence-electron chi connectivity index (χ0n) is 8.97. The molecule has 0 aliphatic rings. The van der Waals surface area contributed by atoms with E-state index in [1.807, 2.05) is 0 Å². The molecule has 0 fully saturated rings. The average molecular weight is 228 g/mol. The van der Waals surface area contributed by atoms with Crippen molar-refractivity contribution < 1.29 is 13.0 Å². The molecule has 0 aliphatic heterocycles. The fraction of sp³-hybridized carbons (Fsp3) is 0.455. The molecule has 0 bridgehead atoms. The Morgan fingerprint density at radius 3 is 2.40 bits per heavy atom. The number of hydrogen-bond donors (Lipinski definition) is 1. The lowest BCUT2D eigenvalue weighted by molar-refractivity contribution is 0.481. The summed E-state index contributed by atoms with van der Waals surface area (Å²) in [5.74, 6) is 0.513. The van der Waals surface area contributed by atoms with Crippen LogP contribution in [0.2, 0.25) is 0 Å². The molecule has 1 N–H and O–H groups in total. The van der Waals surface area contributed by atoms with Crippen molar-refractivity contribution in [1.82, 2.24) is 0 Å². The predicted octanol–water partition coefficient (Wildman–Crippen LogP) is 2.52. The molecule has 1 rings (SSSR count). The quantitative estimate of drug-likeness (QED) is 0.806. The monoisotopic (exact) mass is 228 g/mol. The molecular weight excluding hydrogens is 212 g/mol. The second-order valence-corrected chi connectivity index (χ2v) is 5.41. The lowest BCUT2D eigenvalue weighted by Gasteiger charge is -2.08. The molecule has 0 amide bonds. The molecule has 0 spiro atoms. The highest BCUT2D eigenvalue weighted by Crippen LogP contribution is 2.18. The summed E-state index contributed by atoms with van der Waals surface area (Å²) in [5, 5.41) is 0. The molecule has 15 heavy (non-hydrogen) atoms. The first-order valence-electron chi connectivity index (χ1n) is 4.96. The van der Waals surface area contributed by atoms with Crippen LogP contribution in [0.15, 0.2) is 29.2 Å². The average Bonchev–Trinajstić information content (AvgIpc) is 2.13. The van der Waals surface area contributed by atoms with Gasteiger partial charge in [0.15, 0.2) is 0 Å². The highest BCUT2D eigenvalue weighted by Gasteiger charge is 2.14. The highest BCUT2D eigenvalue weighted by molar-refractivity contribution is 7.85. The standard InChI is InChI=1S/C11H16O3S/c1-9(2)7-8-10-5-3-4-6-11(10)15(12,13)14/h3-6,9H,7-8H2,1-2H3,(H,12,13,14). The van der Waals surface area contributed by atoms with Crippen LogP contribution in [-0.4, -0.2) is 13.0 Å². The van der Waals surface area contributed by atoms with Crippen molar-refractivity contribution in [3.63, 3.8) is 0 Å². The first-order chi connectivity index (χ1) is 6.91. The van der Waals surface area contributed by atoms with E-state index < -0.39 is 10.1 Å². The van der Waals surface area contributed by atoms with E-state index in [0.29, 0.717) is 17.9 Å². The first-order valence-corrected chi connectivity index (χ1v) is 6.40. The fourth-order valence-electron chi connectivity index (χ4n) is 1.41. The summed E-state index contributed by atoms with van der Waals surface area (Å²) in [5.41, 5.74) is 0.689. The van der Waals surface area contributed by atoms with Gasteiger partial charge in [0.2, 0.25) is 0 Å². The Bertz CT molecular complexity index is 421. The normalized spacial score (nSPS) is 12.0. The van der Waals surface area contributed by atoms with Gasteiger partial charge in [0.05, 0.1) is 4.90 Å². The molecular formula is C11H16O3S. The Hall–Kier alpha value is -0.870. The zero-order valence-corrected chi connectivity index (χ0v) is 9.79. The number of rotatable bonds is 4. The number of hydrogen-bond acceptors (Lipinski definition) is 2. The molecule has 0 saturated carbocycles. The Balaban J connectivity index is 2.98. The second kappa shape index (κ2) is 4.77. The lowest BCUT2D eigenvalue weighted by Crippen LogP contribution is -2.04. The maximum atomic E-state index is 11.1. The highest BCUT2D eigenvalue weighted by atomic mass is 32.2. The minimum absolute atomic E-state index is 0.0330. The number of benzene rings is 1. The lowest BCUT2D eigenvalue weighted by atomic mass is 10.0. The largest absolute Gasteiger partial charge is 0.294 e. The molecule has 0 saturated heterocycles. The van der Waals surface area contributed by atoms with Crippen LogP contribution in [0, 0.1) is 5.92 Å². The molecule has 3 nitrogen and oxygen atoms in total. The van der Waals surface area contributed by atoms with Crippen molar-refractivity contribution >= 4 is 10.1 Å². The summed E-state index contributed by atoms with van der Waals surface area (Å²) >= 11 is 0. The summed E-state index contributed by atoms with van der Waals surface area (Å²) in [4.78, 5) is 0.0330. The third-order valence-electron chi connectivity index (χ3n) is 2.24. The maximum absolute atomic E-state index is 11.1. The van der Waals surface area contributed by atoms with Crippen LogP contribution < -0.4 is 0 Å². The van der Waals surface area contributed by atoms with Crippen molar-refractivity contribution in [3.05, 3.63) is 29.8 Å². The molecule has 0 aliphatic carbocycles. The zero-order chi connectivity index (χ0) is 11.5. The third kappa shape index (κ3) is 3.64. The van der Waals surface area contributed by atoms with Gasteiger partial charge in [-0.15, -0.1) is 0 Å². The fourth-order valence-corrected chi connectivity index (χ4v) is 2.16. The molecule has 0 unspecified atom stereocenters. The van der Waals surface area contributed by atoms with Gasteiger partial charge in [-0.2, -0.15) is 8.42 Å². The van der Waals surface area contributed by atoms with E-state index in [-0.39, 0.29) is 4.90 Å². The first kappa shape index (κ1) is 12.2. The topological polar surface area (TPSA) is 54.4 Å². The maximum Gasteiger partial charge on any atom is 0.294 e. The van der Waals surface area contributed by atoms with Crippen molar-refractivity contribution in [2.75, 3.05) is 0 Å². The molecule has 84 valence electrons. The van der Waals surface area contributed by atoms with Crippen LogP contribution >= 0.6 is 0 Å². The van der Waals surface area contributed by atoms with Gasteiger partial charge in [-0.05, 0) is 30.4 Å². The van der Waals surface area contributed by atoms with Crippen LogP contribution in [-0.2, 0) is 16.5 Å². The van der Waals surface area contributed by atoms with Gasteiger partial charge < -0.3 is 0 Å². The Morgan fingerprint density at radius 2 is 1.87 bits per heavy atom. The van der Waals surface area contributed by atoms with Crippen LogP contribution in [0.25, 0.3) is 0 Å². The Labute approximate surface area is 90.9 Å². The summed E-state index contributed by atoms with van der Waals surface area (Å²) < 4.78 is 31.1. The number of aryl methyl sites for hydroxylation is 1. The van der Waals surface area contributed by atoms with E-state index in [2.05, 4.69) is 13.8 Å². The van der Waals surface area contributed by atoms with Crippen molar-refractivity contribution in [2.45, 2.75) is 31.6 Å². The summed E-state index contributed by atoms with van der Waals surface area (Å²) in [6.45, 7) is 4.16. The molecule has 1 aromatic carbocycles. The van der Waals surface area contributed by atoms with E-state index in [1.165, 1.54) is 6.07 Å². The minimum atomic E-state index is -4.08. The van der Waals surface area contributed by atoms with Crippen LogP contribution in [0.1, 0.15) is 25.8 Å². The van der Waals surface area contributed by atoms with E-state index in [0.717, 1.165) is 6.42 Å². The van der Waals surface area contributed by atoms with Gasteiger partial charge >= 0.3 is 0 Å². The van der Waals surface area contributed by atoms with Gasteiger partial charge in [0, 0.05) is 0 Å². The molecule has 0 aromatic heterocycles. The van der Waals surface area contributed by atoms with E-state index in [9.17, 15) is 8.42 Å². The minimum Gasteiger partial charge on any atom is -0.282 e. The third-order valence-corrected chi connectivity index (χ3v) is 3.20. The van der Waals surface area contributed by atoms with Gasteiger partial charge in [0.1, 0.15) is 0 Å². The van der Waals surface area contributed by atoms with Crippen molar-refractivity contribution in [2.24, 2.45) is 5.92 Å². The molecule has 4 heteroatoms. The molecule has 0 heterocycles. The van der Waals surface area contributed by atoms with E-state index in [4.69, 9.17) is 4.55 Å². The Kier molecular flexibility index (Phi) is 3.88. The Morgan fingerprint density at radius 1 is 1.27 bits per heavy atom. The molecule has 0 atom stereocenters. The summed E-state index contributed by atoms with van der Waals surface area (Å²) in [6.07, 6.45) is 1.58. The van der Waals surface area contributed by atoms with Gasteiger partial charge in [0.25, 0.3) is 10.1 Å². The van der Waals surface area contributed by atoms with Gasteiger partial charge in [-0.25, -0.2) is 0 Å². The van der Waals surface area contributed by atoms with Crippen molar-refractivity contribution in [1.29, 1.82) is 0 Å². The van der Waals surface area contributed by atoms with Gasteiger partial charge in [-0.1, -0.05) is 32.0 Å². The van der Waals surface area contributed by atoms with Crippen LogP contribution in [0.5, 0.6) is 0 Å². The van der Waals surface area contributed by atoms with Gasteiger partial charge in [-0.3, -0.25) is 4.55 Å². The summed E-state index contributed by atoms with van der Waals surface area (Å²) in [7, 11) is -4.08. The SMILES string of the molecule is CC(C)CCc1ccccc1S(=O)(=O)O. The van der Waals surface area contributed by atoms with Crippen LogP contribution in [0.4, 0.5) is 0 Å². The van der Waals surface area contributed by atoms with Crippen molar-refractivity contribution in [3.8, 4) is 0 Å². The predicted molar refractivity (Wildman–Crippen MR) is 59.4 cm³/mol. The smallest absolute Gasteiger partial charge is 0.282 e. The van der Waals surface area contributed by atoms with E-state index >= 15 is 0 Å². The summed E-state index contributed by atoms with van der Waals surface area (Å²) in [6, 6.07) is 6.57. The molecule has 0 radical (unpaired) electrons. The van der Waals surface area contributed by atoms with E-state index in [1.54, 1.807) is 18.2 Å². The van der Waals surface area contributed by atoms with Crippen LogP contribution in [0.3, 0.4) is 0 Å². The second-order valence-electron chi connectivity index (χ2n) is 4.02.